The van der Waals surface area contributed by atoms with Crippen molar-refractivity contribution in [1.82, 2.24) is 4.90 Å². The monoisotopic (exact) mass is 268 g/mol. The average molecular weight is 268 g/mol. The summed E-state index contributed by atoms with van der Waals surface area (Å²) in [5, 5.41) is 8.97. The van der Waals surface area contributed by atoms with Gasteiger partial charge in [-0.05, 0) is 46.2 Å². The molecule has 0 atom stereocenters. The molecule has 0 N–H and O–H groups in total. The fourth-order valence-electron chi connectivity index (χ4n) is 2.24. The van der Waals surface area contributed by atoms with Gasteiger partial charge in [0.25, 0.3) is 0 Å². The van der Waals surface area contributed by atoms with Crippen LogP contribution in [0.25, 0.3) is 0 Å². The zero-order chi connectivity index (χ0) is 13.6. The van der Waals surface area contributed by atoms with Gasteiger partial charge in [0.05, 0.1) is 11.5 Å². The first-order valence-corrected chi connectivity index (χ1v) is 8.11. The van der Waals surface area contributed by atoms with E-state index < -0.39 is 0 Å². The second-order valence-electron chi connectivity index (χ2n) is 6.65. The van der Waals surface area contributed by atoms with Crippen LogP contribution < -0.4 is 0 Å². The number of hydrogen-bond acceptors (Lipinski definition) is 3. The van der Waals surface area contributed by atoms with E-state index in [-0.39, 0.29) is 5.41 Å². The van der Waals surface area contributed by atoms with Crippen LogP contribution in [0.5, 0.6) is 0 Å². The maximum atomic E-state index is 8.97. The standard InChI is InChI=1S/C15H28N2S/c1-14(2,13-16)7-5-6-9-17-10-8-15(3,4)18-12-11-17/h5-12H2,1-4H3. The summed E-state index contributed by atoms with van der Waals surface area (Å²) in [6.45, 7) is 12.5. The minimum atomic E-state index is -0.142. The summed E-state index contributed by atoms with van der Waals surface area (Å²) in [5.74, 6) is 1.26. The molecule has 0 amide bonds. The molecule has 1 aliphatic heterocycles. The van der Waals surface area contributed by atoms with E-state index in [1.807, 2.05) is 13.8 Å². The second kappa shape index (κ2) is 6.82. The fourth-order valence-corrected chi connectivity index (χ4v) is 3.38. The smallest absolute Gasteiger partial charge is 0.0683 e. The predicted octanol–water partition coefficient (Wildman–Crippen LogP) is 3.92. The maximum Gasteiger partial charge on any atom is 0.0683 e. The lowest BCUT2D eigenvalue weighted by atomic mass is 9.89. The Morgan fingerprint density at radius 2 is 2.00 bits per heavy atom. The van der Waals surface area contributed by atoms with Gasteiger partial charge in [0.15, 0.2) is 0 Å². The molecule has 0 aromatic rings. The van der Waals surface area contributed by atoms with Crippen molar-refractivity contribution < 1.29 is 0 Å². The summed E-state index contributed by atoms with van der Waals surface area (Å²) in [6.07, 6.45) is 4.72. The Kier molecular flexibility index (Phi) is 6.01. The van der Waals surface area contributed by atoms with Crippen molar-refractivity contribution in [1.29, 1.82) is 5.26 Å². The summed E-state index contributed by atoms with van der Waals surface area (Å²) in [7, 11) is 0. The van der Waals surface area contributed by atoms with Crippen molar-refractivity contribution in [3.05, 3.63) is 0 Å². The van der Waals surface area contributed by atoms with Crippen LogP contribution in [0.3, 0.4) is 0 Å². The molecule has 0 aliphatic carbocycles. The molecule has 3 heteroatoms. The molecule has 0 radical (unpaired) electrons. The van der Waals surface area contributed by atoms with Gasteiger partial charge in [-0.2, -0.15) is 17.0 Å². The van der Waals surface area contributed by atoms with Crippen LogP contribution in [-0.2, 0) is 0 Å². The Morgan fingerprint density at radius 1 is 1.28 bits per heavy atom. The highest BCUT2D eigenvalue weighted by Crippen LogP contribution is 2.30. The van der Waals surface area contributed by atoms with Crippen molar-refractivity contribution in [3.63, 3.8) is 0 Å². The topological polar surface area (TPSA) is 27.0 Å². The van der Waals surface area contributed by atoms with E-state index in [4.69, 9.17) is 5.26 Å². The molecule has 1 saturated heterocycles. The van der Waals surface area contributed by atoms with Gasteiger partial charge < -0.3 is 4.90 Å². The predicted molar refractivity (Wildman–Crippen MR) is 80.8 cm³/mol. The molecule has 1 aliphatic rings. The van der Waals surface area contributed by atoms with E-state index in [1.54, 1.807) is 0 Å². The molecule has 18 heavy (non-hydrogen) atoms. The highest BCUT2D eigenvalue weighted by molar-refractivity contribution is 8.00. The number of unbranched alkanes of at least 4 members (excludes halogenated alkanes) is 1. The first-order valence-electron chi connectivity index (χ1n) is 7.12. The third-order valence-electron chi connectivity index (χ3n) is 3.76. The normalized spacial score (nSPS) is 21.3. The second-order valence-corrected chi connectivity index (χ2v) is 8.45. The molecule has 1 rings (SSSR count). The van der Waals surface area contributed by atoms with Gasteiger partial charge in [0.2, 0.25) is 0 Å². The number of nitriles is 1. The van der Waals surface area contributed by atoms with E-state index >= 15 is 0 Å². The summed E-state index contributed by atoms with van der Waals surface area (Å²) in [4.78, 5) is 2.60. The third kappa shape index (κ3) is 6.11. The number of thioether (sulfide) groups is 1. The molecule has 0 saturated carbocycles. The van der Waals surface area contributed by atoms with Gasteiger partial charge >= 0.3 is 0 Å². The van der Waals surface area contributed by atoms with Crippen LogP contribution in [0.15, 0.2) is 0 Å². The van der Waals surface area contributed by atoms with Gasteiger partial charge in [0.1, 0.15) is 0 Å². The maximum absolute atomic E-state index is 8.97. The third-order valence-corrected chi connectivity index (χ3v) is 5.13. The van der Waals surface area contributed by atoms with E-state index in [0.29, 0.717) is 4.75 Å². The molecular weight excluding hydrogens is 240 g/mol. The van der Waals surface area contributed by atoms with Crippen molar-refractivity contribution in [2.24, 2.45) is 5.41 Å². The lowest BCUT2D eigenvalue weighted by Crippen LogP contribution is -2.28. The van der Waals surface area contributed by atoms with Gasteiger partial charge in [-0.25, -0.2) is 0 Å². The highest BCUT2D eigenvalue weighted by Gasteiger charge is 2.23. The summed E-state index contributed by atoms with van der Waals surface area (Å²) < 4.78 is 0.456. The minimum Gasteiger partial charge on any atom is -0.302 e. The lowest BCUT2D eigenvalue weighted by molar-refractivity contribution is 0.272. The average Bonchev–Trinajstić information content (AvgIpc) is 2.46. The van der Waals surface area contributed by atoms with Crippen LogP contribution >= 0.6 is 11.8 Å². The molecule has 0 aromatic carbocycles. The largest absolute Gasteiger partial charge is 0.302 e. The van der Waals surface area contributed by atoms with Gasteiger partial charge in [0, 0.05) is 17.0 Å². The van der Waals surface area contributed by atoms with Crippen LogP contribution in [0, 0.1) is 16.7 Å². The number of nitrogens with zero attached hydrogens (tertiary/aromatic N) is 2. The number of hydrogen-bond donors (Lipinski definition) is 0. The summed E-state index contributed by atoms with van der Waals surface area (Å²) >= 11 is 2.11. The molecule has 0 spiro atoms. The van der Waals surface area contributed by atoms with Crippen molar-refractivity contribution in [2.45, 2.75) is 58.1 Å². The Morgan fingerprint density at radius 3 is 2.67 bits per heavy atom. The minimum absolute atomic E-state index is 0.142. The molecule has 0 aromatic heterocycles. The van der Waals surface area contributed by atoms with Crippen molar-refractivity contribution in [2.75, 3.05) is 25.4 Å². The van der Waals surface area contributed by atoms with E-state index in [0.717, 1.165) is 6.42 Å². The fraction of sp³-hybridized carbons (Fsp3) is 0.933. The van der Waals surface area contributed by atoms with Crippen molar-refractivity contribution >= 4 is 11.8 Å². The van der Waals surface area contributed by atoms with E-state index in [9.17, 15) is 0 Å². The van der Waals surface area contributed by atoms with Crippen LogP contribution in [0.1, 0.15) is 53.4 Å². The molecule has 1 fully saturated rings. The molecule has 2 nitrogen and oxygen atoms in total. The molecule has 1 heterocycles. The molecular formula is C15H28N2S. The zero-order valence-corrected chi connectivity index (χ0v) is 13.3. The Labute approximate surface area is 117 Å². The van der Waals surface area contributed by atoms with Crippen LogP contribution in [-0.4, -0.2) is 35.0 Å². The van der Waals surface area contributed by atoms with E-state index in [2.05, 4.69) is 36.6 Å². The Hall–Kier alpha value is -0.200. The SMILES string of the molecule is CC(C)(C#N)CCCCN1CCSC(C)(C)CC1. The van der Waals surface area contributed by atoms with Gasteiger partial charge in [-0.1, -0.05) is 20.3 Å². The zero-order valence-electron chi connectivity index (χ0n) is 12.5. The first-order chi connectivity index (χ1) is 8.35. The highest BCUT2D eigenvalue weighted by atomic mass is 32.2. The quantitative estimate of drug-likeness (QED) is 0.707. The molecule has 0 unspecified atom stereocenters. The van der Waals surface area contributed by atoms with Crippen LogP contribution in [0.4, 0.5) is 0 Å². The van der Waals surface area contributed by atoms with Crippen molar-refractivity contribution in [3.8, 4) is 6.07 Å². The summed E-state index contributed by atoms with van der Waals surface area (Å²) in [5.41, 5.74) is -0.142. The molecule has 104 valence electrons. The Bertz CT molecular complexity index is 291. The first kappa shape index (κ1) is 15.9. The van der Waals surface area contributed by atoms with Gasteiger partial charge in [-0.3, -0.25) is 0 Å². The number of rotatable bonds is 5. The lowest BCUT2D eigenvalue weighted by Gasteiger charge is -2.23. The van der Waals surface area contributed by atoms with E-state index in [1.165, 1.54) is 44.6 Å². The van der Waals surface area contributed by atoms with Gasteiger partial charge in [-0.15, -0.1) is 0 Å². The molecule has 0 bridgehead atoms. The summed E-state index contributed by atoms with van der Waals surface area (Å²) in [6, 6.07) is 2.38. The Balaban J connectivity index is 2.19. The van der Waals surface area contributed by atoms with Crippen LogP contribution in [0.2, 0.25) is 0 Å².